The van der Waals surface area contributed by atoms with Crippen LogP contribution >= 0.6 is 0 Å². The van der Waals surface area contributed by atoms with Crippen molar-refractivity contribution in [2.45, 2.75) is 83.6 Å². The molecule has 1 aromatic heterocycles. The van der Waals surface area contributed by atoms with Gasteiger partial charge in [-0.3, -0.25) is 4.79 Å². The predicted octanol–water partition coefficient (Wildman–Crippen LogP) is 6.71. The van der Waals surface area contributed by atoms with E-state index in [2.05, 4.69) is 10.3 Å². The second-order valence-electron chi connectivity index (χ2n) is 12.0. The van der Waals surface area contributed by atoms with Gasteiger partial charge in [0.1, 0.15) is 11.9 Å². The minimum absolute atomic E-state index is 0.0805. The van der Waals surface area contributed by atoms with Crippen LogP contribution in [0.15, 0.2) is 42.5 Å². The standard InChI is InChI=1S/C29H34F5N3O3/c1-16-14-19(29(32,33)34)15-20(35-16)36-22-21(27(2,3)4)24(26(39)40)37(23(22)17-8-6-5-7-9-17)25(38)18-10-12-28(30,31)13-11-18/h5-9,14-15,18,21-24H,10-13H2,1-4H3,(H,35,36)(H,39,40). The number of aromatic nitrogens is 1. The van der Waals surface area contributed by atoms with Crippen molar-refractivity contribution in [1.29, 1.82) is 0 Å². The van der Waals surface area contributed by atoms with Gasteiger partial charge >= 0.3 is 12.1 Å². The van der Waals surface area contributed by atoms with Gasteiger partial charge in [0.25, 0.3) is 0 Å². The van der Waals surface area contributed by atoms with E-state index in [1.165, 1.54) is 11.8 Å². The molecule has 6 nitrogen and oxygen atoms in total. The van der Waals surface area contributed by atoms with Crippen molar-refractivity contribution in [3.63, 3.8) is 0 Å². The quantitative estimate of drug-likeness (QED) is 0.393. The zero-order valence-electron chi connectivity index (χ0n) is 22.8. The number of carboxylic acids is 1. The number of carboxylic acid groups (broad SMARTS) is 1. The molecule has 2 aromatic rings. The third-order valence-electron chi connectivity index (χ3n) is 7.98. The number of hydrogen-bond donors (Lipinski definition) is 2. The fourth-order valence-electron chi connectivity index (χ4n) is 6.23. The summed E-state index contributed by atoms with van der Waals surface area (Å²) in [5.41, 5.74) is -0.949. The van der Waals surface area contributed by atoms with Crippen LogP contribution in [0.5, 0.6) is 0 Å². The Morgan fingerprint density at radius 3 is 2.17 bits per heavy atom. The molecule has 0 bridgehead atoms. The lowest BCUT2D eigenvalue weighted by Gasteiger charge is -2.36. The van der Waals surface area contributed by atoms with E-state index in [4.69, 9.17) is 0 Å². The van der Waals surface area contributed by atoms with Crippen molar-refractivity contribution in [3.8, 4) is 0 Å². The minimum Gasteiger partial charge on any atom is -0.480 e. The summed E-state index contributed by atoms with van der Waals surface area (Å²) in [6, 6.07) is 7.33. The maximum Gasteiger partial charge on any atom is 0.416 e. The number of nitrogens with one attached hydrogen (secondary N) is 1. The summed E-state index contributed by atoms with van der Waals surface area (Å²) in [7, 11) is 0. The average molecular weight is 568 g/mol. The van der Waals surface area contributed by atoms with Gasteiger partial charge in [-0.25, -0.2) is 18.6 Å². The van der Waals surface area contributed by atoms with Crippen LogP contribution in [0.4, 0.5) is 27.8 Å². The van der Waals surface area contributed by atoms with E-state index in [0.29, 0.717) is 5.56 Å². The molecular weight excluding hydrogens is 533 g/mol. The molecule has 0 spiro atoms. The Hall–Kier alpha value is -3.24. The number of hydrogen-bond acceptors (Lipinski definition) is 4. The summed E-state index contributed by atoms with van der Waals surface area (Å²) >= 11 is 0. The molecule has 40 heavy (non-hydrogen) atoms. The summed E-state index contributed by atoms with van der Waals surface area (Å²) in [6.07, 6.45) is -5.73. The van der Waals surface area contributed by atoms with Gasteiger partial charge in [-0.15, -0.1) is 0 Å². The smallest absolute Gasteiger partial charge is 0.416 e. The highest BCUT2D eigenvalue weighted by atomic mass is 19.4. The molecule has 218 valence electrons. The van der Waals surface area contributed by atoms with E-state index >= 15 is 0 Å². The Morgan fingerprint density at radius 1 is 1.05 bits per heavy atom. The van der Waals surface area contributed by atoms with Gasteiger partial charge in [0.2, 0.25) is 11.8 Å². The average Bonchev–Trinajstić information content (AvgIpc) is 3.19. The highest BCUT2D eigenvalue weighted by Gasteiger charge is 2.59. The third-order valence-corrected chi connectivity index (χ3v) is 7.98. The topological polar surface area (TPSA) is 82.5 Å². The van der Waals surface area contributed by atoms with E-state index in [9.17, 15) is 36.6 Å². The van der Waals surface area contributed by atoms with Crippen LogP contribution in [0.3, 0.4) is 0 Å². The number of carbonyl (C=O) groups is 2. The Kier molecular flexibility index (Phi) is 7.90. The SMILES string of the molecule is Cc1cc(C(F)(F)F)cc(NC2C(c3ccccc3)N(C(=O)C3CCC(F)(F)CC3)C(C(=O)O)C2C(C)(C)C)n1. The number of halogens is 5. The molecule has 2 fully saturated rings. The van der Waals surface area contributed by atoms with Gasteiger partial charge in [-0.2, -0.15) is 13.2 Å². The molecule has 4 unspecified atom stereocenters. The number of nitrogens with zero attached hydrogens (tertiary/aromatic N) is 2. The zero-order chi connectivity index (χ0) is 29.6. The zero-order valence-corrected chi connectivity index (χ0v) is 22.8. The number of carbonyl (C=O) groups excluding carboxylic acids is 1. The maximum absolute atomic E-state index is 14.0. The number of alkyl halides is 5. The van der Waals surface area contributed by atoms with E-state index in [-0.39, 0.29) is 24.4 Å². The van der Waals surface area contributed by atoms with Gasteiger partial charge < -0.3 is 15.3 Å². The molecule has 1 aliphatic heterocycles. The van der Waals surface area contributed by atoms with Gasteiger partial charge in [0.15, 0.2) is 0 Å². The first-order valence-corrected chi connectivity index (χ1v) is 13.3. The van der Waals surface area contributed by atoms with Gasteiger partial charge in [0, 0.05) is 30.4 Å². The van der Waals surface area contributed by atoms with Crippen molar-refractivity contribution in [3.05, 3.63) is 59.3 Å². The molecule has 1 aliphatic carbocycles. The first kappa shape index (κ1) is 29.7. The molecule has 1 aromatic carbocycles. The maximum atomic E-state index is 14.0. The molecule has 0 radical (unpaired) electrons. The molecule has 1 saturated carbocycles. The number of likely N-dealkylation sites (tertiary alicyclic amines) is 1. The highest BCUT2D eigenvalue weighted by Crippen LogP contribution is 2.50. The van der Waals surface area contributed by atoms with Crippen LogP contribution in [0.1, 0.15) is 69.3 Å². The van der Waals surface area contributed by atoms with Gasteiger partial charge in [0.05, 0.1) is 17.6 Å². The number of amides is 1. The summed E-state index contributed by atoms with van der Waals surface area (Å²) in [6.45, 7) is 6.86. The molecular formula is C29H34F5N3O3. The molecule has 2 aliphatic rings. The second kappa shape index (κ2) is 10.6. The number of pyridine rings is 1. The Labute approximate surface area is 230 Å². The molecule has 4 atom stereocenters. The van der Waals surface area contributed by atoms with Crippen molar-refractivity contribution < 1.29 is 36.6 Å². The number of rotatable bonds is 5. The van der Waals surface area contributed by atoms with Gasteiger partial charge in [-0.05, 0) is 42.9 Å². The van der Waals surface area contributed by atoms with Crippen molar-refractivity contribution >= 4 is 17.7 Å². The number of aliphatic carboxylic acids is 1. The second-order valence-corrected chi connectivity index (χ2v) is 12.0. The third kappa shape index (κ3) is 6.07. The summed E-state index contributed by atoms with van der Waals surface area (Å²) in [5.74, 6) is -6.35. The largest absolute Gasteiger partial charge is 0.480 e. The van der Waals surface area contributed by atoms with E-state index in [0.717, 1.165) is 12.1 Å². The lowest BCUT2D eigenvalue weighted by Crippen LogP contribution is -2.49. The van der Waals surface area contributed by atoms with Crippen LogP contribution in [0.25, 0.3) is 0 Å². The summed E-state index contributed by atoms with van der Waals surface area (Å²) in [5, 5.41) is 13.6. The lowest BCUT2D eigenvalue weighted by atomic mass is 9.72. The first-order chi connectivity index (χ1) is 18.5. The molecule has 2 heterocycles. The molecule has 1 amide bonds. The number of anilines is 1. The number of benzene rings is 1. The van der Waals surface area contributed by atoms with Crippen LogP contribution in [-0.2, 0) is 15.8 Å². The van der Waals surface area contributed by atoms with Crippen LogP contribution in [0, 0.1) is 24.2 Å². The lowest BCUT2D eigenvalue weighted by molar-refractivity contribution is -0.156. The Balaban J connectivity index is 1.86. The first-order valence-electron chi connectivity index (χ1n) is 13.3. The Morgan fingerprint density at radius 2 is 1.65 bits per heavy atom. The molecule has 1 saturated heterocycles. The van der Waals surface area contributed by atoms with Crippen LogP contribution < -0.4 is 5.32 Å². The number of aryl methyl sites for hydroxylation is 1. The fourth-order valence-corrected chi connectivity index (χ4v) is 6.23. The van der Waals surface area contributed by atoms with E-state index in [1.54, 1.807) is 30.3 Å². The summed E-state index contributed by atoms with van der Waals surface area (Å²) in [4.78, 5) is 32.4. The normalized spacial score (nSPS) is 25.6. The minimum atomic E-state index is -4.63. The highest BCUT2D eigenvalue weighted by molar-refractivity contribution is 5.87. The van der Waals surface area contributed by atoms with E-state index < -0.39 is 77.8 Å². The molecule has 11 heteroatoms. The predicted molar refractivity (Wildman–Crippen MR) is 139 cm³/mol. The van der Waals surface area contributed by atoms with Crippen molar-refractivity contribution in [2.75, 3.05) is 5.32 Å². The summed E-state index contributed by atoms with van der Waals surface area (Å²) < 4.78 is 68.7. The van der Waals surface area contributed by atoms with Crippen LogP contribution in [-0.4, -0.2) is 44.9 Å². The van der Waals surface area contributed by atoms with Crippen molar-refractivity contribution in [2.24, 2.45) is 17.3 Å². The van der Waals surface area contributed by atoms with Gasteiger partial charge in [-0.1, -0.05) is 51.1 Å². The van der Waals surface area contributed by atoms with Crippen LogP contribution in [0.2, 0.25) is 0 Å². The Bertz CT molecular complexity index is 1240. The van der Waals surface area contributed by atoms with E-state index in [1.807, 2.05) is 20.8 Å². The molecule has 2 N–H and O–H groups in total. The monoisotopic (exact) mass is 567 g/mol. The molecule has 4 rings (SSSR count). The fraction of sp³-hybridized carbons (Fsp3) is 0.552. The van der Waals surface area contributed by atoms with Crippen molar-refractivity contribution in [1.82, 2.24) is 9.88 Å².